The van der Waals surface area contributed by atoms with Crippen LogP contribution in [0.25, 0.3) is 0 Å². The lowest BCUT2D eigenvalue weighted by atomic mass is 9.44. The van der Waals surface area contributed by atoms with Crippen LogP contribution in [0.4, 0.5) is 4.39 Å². The second-order valence-electron chi connectivity index (χ2n) is 9.61. The summed E-state index contributed by atoms with van der Waals surface area (Å²) in [6.07, 6.45) is 2.65. The van der Waals surface area contributed by atoms with Gasteiger partial charge in [0.05, 0.1) is 6.10 Å². The van der Waals surface area contributed by atoms with E-state index in [9.17, 15) is 24.9 Å². The number of halogens is 1. The lowest BCUT2D eigenvalue weighted by Crippen LogP contribution is -2.69. The van der Waals surface area contributed by atoms with Crippen molar-refractivity contribution in [3.63, 3.8) is 0 Å². The number of Topliss-reactive ketones (excluding diaryl/α,β-unsaturated/α-hetero) is 1. The average molecular weight is 380 g/mol. The first-order chi connectivity index (χ1) is 12.5. The average Bonchev–Trinajstić information content (AvgIpc) is 2.88. The Morgan fingerprint density at radius 2 is 1.93 bits per heavy atom. The van der Waals surface area contributed by atoms with Crippen LogP contribution in [0.2, 0.25) is 0 Å². The molecule has 3 fully saturated rings. The third-order valence-electron chi connectivity index (χ3n) is 8.80. The Morgan fingerprint density at radius 3 is 2.59 bits per heavy atom. The van der Waals surface area contributed by atoms with E-state index in [1.54, 1.807) is 13.0 Å². The van der Waals surface area contributed by atoms with Crippen molar-refractivity contribution >= 4 is 11.6 Å². The number of carbonyl (C=O) groups excluding carboxylic acids is 2. The Hall–Kier alpha value is -1.11. The molecule has 0 aromatic carbocycles. The zero-order chi connectivity index (χ0) is 19.8. The molecule has 0 saturated heterocycles. The first kappa shape index (κ1) is 19.2. The molecule has 3 unspecified atom stereocenters. The van der Waals surface area contributed by atoms with Gasteiger partial charge < -0.3 is 15.3 Å². The molecule has 0 amide bonds. The molecule has 0 aromatic rings. The van der Waals surface area contributed by atoms with Gasteiger partial charge in [-0.25, -0.2) is 4.39 Å². The third-order valence-corrected chi connectivity index (χ3v) is 8.80. The van der Waals surface area contributed by atoms with Crippen molar-refractivity contribution in [3.8, 4) is 0 Å². The summed E-state index contributed by atoms with van der Waals surface area (Å²) in [5.74, 6) is -1.36. The van der Waals surface area contributed by atoms with Gasteiger partial charge in [-0.3, -0.25) is 9.59 Å². The fourth-order valence-corrected chi connectivity index (χ4v) is 7.16. The number of aliphatic hydroxyl groups is 3. The van der Waals surface area contributed by atoms with Gasteiger partial charge in [0.15, 0.2) is 11.6 Å². The molecular weight excluding hydrogens is 351 g/mol. The van der Waals surface area contributed by atoms with Gasteiger partial charge in [0.2, 0.25) is 0 Å². The number of aliphatic hydroxyl groups excluding tert-OH is 2. The number of allylic oxidation sites excluding steroid dienone is 1. The minimum absolute atomic E-state index is 0.0171. The molecule has 5 nitrogen and oxygen atoms in total. The van der Waals surface area contributed by atoms with E-state index in [0.29, 0.717) is 25.7 Å². The van der Waals surface area contributed by atoms with Gasteiger partial charge in [0.25, 0.3) is 0 Å². The molecule has 0 spiro atoms. The summed E-state index contributed by atoms with van der Waals surface area (Å²) in [5.41, 5.74) is -4.68. The van der Waals surface area contributed by atoms with Crippen LogP contribution >= 0.6 is 0 Å². The van der Waals surface area contributed by atoms with Crippen molar-refractivity contribution in [3.05, 3.63) is 11.6 Å². The maximum atomic E-state index is 16.8. The number of alkyl halides is 1. The Balaban J connectivity index is 1.80. The summed E-state index contributed by atoms with van der Waals surface area (Å²) < 4.78 is 16.8. The number of fused-ring (bicyclic) bond motifs is 5. The van der Waals surface area contributed by atoms with Crippen molar-refractivity contribution in [2.45, 2.75) is 76.2 Å². The van der Waals surface area contributed by atoms with Gasteiger partial charge in [-0.05, 0) is 50.5 Å². The Bertz CT molecular complexity index is 734. The van der Waals surface area contributed by atoms with Crippen LogP contribution in [0.3, 0.4) is 0 Å². The molecule has 0 bridgehead atoms. The molecule has 0 aromatic heterocycles. The lowest BCUT2D eigenvalue weighted by molar-refractivity contribution is -0.226. The highest BCUT2D eigenvalue weighted by molar-refractivity contribution is 5.92. The predicted octanol–water partition coefficient (Wildman–Crippen LogP) is 1.87. The van der Waals surface area contributed by atoms with Gasteiger partial charge in [0.1, 0.15) is 17.9 Å². The SMILES string of the molecule is C[C@]12CCC(=O)C=C1CCC1C3CC[C@](O)(C(=O)CO)[C@@]3(C)C[C@H](O)C12F. The topological polar surface area (TPSA) is 94.8 Å². The molecule has 0 aliphatic heterocycles. The van der Waals surface area contributed by atoms with E-state index >= 15 is 4.39 Å². The van der Waals surface area contributed by atoms with Crippen LogP contribution in [0.5, 0.6) is 0 Å². The highest BCUT2D eigenvalue weighted by atomic mass is 19.1. The molecule has 3 N–H and O–H groups in total. The highest BCUT2D eigenvalue weighted by Gasteiger charge is 2.74. The van der Waals surface area contributed by atoms with Crippen LogP contribution in [-0.2, 0) is 9.59 Å². The van der Waals surface area contributed by atoms with Crippen LogP contribution in [0, 0.1) is 22.7 Å². The summed E-state index contributed by atoms with van der Waals surface area (Å²) in [4.78, 5) is 24.2. The standard InChI is InChI=1S/C21H29FO5/c1-18-7-5-13(24)9-12(18)3-4-15-14-6-8-20(27,17(26)11-23)19(14,2)10-16(25)21(15,18)22/h9,14-16,23,25,27H,3-8,10-11H2,1-2H3/t14?,15?,16-,18-,19-,20-,21?/m0/s1. The summed E-state index contributed by atoms with van der Waals surface area (Å²) >= 11 is 0. The van der Waals surface area contributed by atoms with Crippen molar-refractivity contribution in [1.82, 2.24) is 0 Å². The van der Waals surface area contributed by atoms with Crippen molar-refractivity contribution in [1.29, 1.82) is 0 Å². The second kappa shape index (κ2) is 5.71. The first-order valence-electron chi connectivity index (χ1n) is 10.0. The first-order valence-corrected chi connectivity index (χ1v) is 10.0. The van der Waals surface area contributed by atoms with Gasteiger partial charge in [-0.1, -0.05) is 19.4 Å². The molecule has 0 heterocycles. The van der Waals surface area contributed by atoms with Crippen LogP contribution in [0.1, 0.15) is 58.8 Å². The molecule has 3 saturated carbocycles. The zero-order valence-electron chi connectivity index (χ0n) is 16.0. The van der Waals surface area contributed by atoms with Crippen LogP contribution in [0.15, 0.2) is 11.6 Å². The number of ketones is 2. The normalized spacial score (nSPS) is 51.9. The quantitative estimate of drug-likeness (QED) is 0.680. The van der Waals surface area contributed by atoms with Gasteiger partial charge in [-0.15, -0.1) is 0 Å². The summed E-state index contributed by atoms with van der Waals surface area (Å²) in [6.45, 7) is 2.83. The second-order valence-corrected chi connectivity index (χ2v) is 9.61. The summed E-state index contributed by atoms with van der Waals surface area (Å²) in [7, 11) is 0. The summed E-state index contributed by atoms with van der Waals surface area (Å²) in [5, 5.41) is 31.5. The van der Waals surface area contributed by atoms with Crippen LogP contribution in [-0.4, -0.2) is 50.9 Å². The number of rotatable bonds is 2. The Kier molecular flexibility index (Phi) is 4.06. The van der Waals surface area contributed by atoms with E-state index in [1.807, 2.05) is 6.92 Å². The minimum Gasteiger partial charge on any atom is -0.390 e. The predicted molar refractivity (Wildman–Crippen MR) is 95.5 cm³/mol. The fraction of sp³-hybridized carbons (Fsp3) is 0.810. The number of hydrogen-bond acceptors (Lipinski definition) is 5. The maximum Gasteiger partial charge on any atom is 0.190 e. The Labute approximate surface area is 158 Å². The molecule has 150 valence electrons. The van der Waals surface area contributed by atoms with E-state index in [0.717, 1.165) is 5.57 Å². The van der Waals surface area contributed by atoms with Crippen LogP contribution < -0.4 is 0 Å². The van der Waals surface area contributed by atoms with E-state index in [2.05, 4.69) is 0 Å². The molecule has 4 aliphatic rings. The van der Waals surface area contributed by atoms with Crippen molar-refractivity contribution in [2.24, 2.45) is 22.7 Å². The van der Waals surface area contributed by atoms with Gasteiger partial charge >= 0.3 is 0 Å². The highest BCUT2D eigenvalue weighted by Crippen LogP contribution is 2.70. The molecule has 0 radical (unpaired) electrons. The van der Waals surface area contributed by atoms with E-state index in [-0.39, 0.29) is 31.0 Å². The Morgan fingerprint density at radius 1 is 1.22 bits per heavy atom. The zero-order valence-corrected chi connectivity index (χ0v) is 16.0. The number of carbonyl (C=O) groups is 2. The largest absolute Gasteiger partial charge is 0.390 e. The van der Waals surface area contributed by atoms with Gasteiger partial charge in [0, 0.05) is 23.2 Å². The van der Waals surface area contributed by atoms with E-state index in [4.69, 9.17) is 0 Å². The smallest absolute Gasteiger partial charge is 0.190 e. The van der Waals surface area contributed by atoms with Crippen molar-refractivity contribution < 1.29 is 29.3 Å². The fourth-order valence-electron chi connectivity index (χ4n) is 7.16. The molecule has 7 atom stereocenters. The molecular formula is C21H29FO5. The van der Waals surface area contributed by atoms with E-state index < -0.39 is 46.5 Å². The number of hydrogen-bond donors (Lipinski definition) is 3. The third kappa shape index (κ3) is 2.10. The molecule has 6 heteroatoms. The molecule has 4 rings (SSSR count). The van der Waals surface area contributed by atoms with Crippen molar-refractivity contribution in [2.75, 3.05) is 6.61 Å². The molecule has 27 heavy (non-hydrogen) atoms. The lowest BCUT2D eigenvalue weighted by Gasteiger charge is -2.63. The summed E-state index contributed by atoms with van der Waals surface area (Å²) in [6, 6.07) is 0. The monoisotopic (exact) mass is 380 g/mol. The minimum atomic E-state index is -1.88. The maximum absolute atomic E-state index is 16.8. The van der Waals surface area contributed by atoms with Gasteiger partial charge in [-0.2, -0.15) is 0 Å². The molecule has 4 aliphatic carbocycles. The van der Waals surface area contributed by atoms with E-state index in [1.165, 1.54) is 0 Å².